The second kappa shape index (κ2) is 8.08. The van der Waals surface area contributed by atoms with Crippen LogP contribution in [0.15, 0.2) is 45.2 Å². The van der Waals surface area contributed by atoms with Crippen molar-refractivity contribution in [1.29, 1.82) is 0 Å². The van der Waals surface area contributed by atoms with Gasteiger partial charge in [0.1, 0.15) is 4.21 Å². The molecule has 2 aromatic heterocycles. The number of nitrogens with zero attached hydrogens (tertiary/aromatic N) is 1. The zero-order valence-corrected chi connectivity index (χ0v) is 17.8. The third-order valence-corrected chi connectivity index (χ3v) is 7.93. The number of sulfonamides is 1. The van der Waals surface area contributed by atoms with E-state index in [1.54, 1.807) is 36.5 Å². The molecule has 1 aliphatic carbocycles. The van der Waals surface area contributed by atoms with Crippen LogP contribution >= 0.6 is 11.3 Å². The van der Waals surface area contributed by atoms with Crippen LogP contribution in [-0.2, 0) is 10.0 Å². The Morgan fingerprint density at radius 1 is 1.10 bits per heavy atom. The van der Waals surface area contributed by atoms with Crippen molar-refractivity contribution in [2.45, 2.75) is 35.8 Å². The summed E-state index contributed by atoms with van der Waals surface area (Å²) in [7, 11) is -0.721. The maximum atomic E-state index is 12.8. The van der Waals surface area contributed by atoms with Gasteiger partial charge in [-0.05, 0) is 37.1 Å². The first kappa shape index (κ1) is 19.8. The number of rotatable bonds is 7. The third kappa shape index (κ3) is 4.11. The Bertz CT molecular complexity index is 1100. The fourth-order valence-corrected chi connectivity index (χ4v) is 5.77. The van der Waals surface area contributed by atoms with Crippen molar-refractivity contribution in [1.82, 2.24) is 4.98 Å². The summed E-state index contributed by atoms with van der Waals surface area (Å²) < 4.78 is 44.7. The maximum Gasteiger partial charge on any atom is 0.271 e. The Labute approximate surface area is 173 Å². The second-order valence-electron chi connectivity index (χ2n) is 6.84. The quantitative estimate of drug-likeness (QED) is 0.570. The molecule has 1 N–H and O–H groups in total. The zero-order chi connectivity index (χ0) is 20.4. The van der Waals surface area contributed by atoms with E-state index >= 15 is 0 Å². The number of hydrogen-bond donors (Lipinski definition) is 1. The normalized spacial score (nSPS) is 14.8. The molecule has 0 saturated heterocycles. The van der Waals surface area contributed by atoms with Crippen LogP contribution < -0.4 is 14.2 Å². The van der Waals surface area contributed by atoms with Crippen molar-refractivity contribution in [3.8, 4) is 22.1 Å². The van der Waals surface area contributed by atoms with Crippen LogP contribution in [0.25, 0.3) is 10.6 Å². The molecule has 0 spiro atoms. The number of thiophene rings is 1. The molecule has 9 heteroatoms. The molecule has 3 aromatic rings. The van der Waals surface area contributed by atoms with E-state index in [0.29, 0.717) is 28.9 Å². The topological polar surface area (TPSA) is 90.7 Å². The van der Waals surface area contributed by atoms with Crippen molar-refractivity contribution < 1.29 is 22.3 Å². The molecule has 0 aliphatic heterocycles. The summed E-state index contributed by atoms with van der Waals surface area (Å²) in [6.07, 6.45) is 6.27. The second-order valence-corrected chi connectivity index (χ2v) is 9.83. The first-order chi connectivity index (χ1) is 14.0. The van der Waals surface area contributed by atoms with Gasteiger partial charge in [-0.3, -0.25) is 4.72 Å². The van der Waals surface area contributed by atoms with Crippen LogP contribution in [-0.4, -0.2) is 27.6 Å². The monoisotopic (exact) mass is 434 g/mol. The smallest absolute Gasteiger partial charge is 0.271 e. The van der Waals surface area contributed by atoms with Gasteiger partial charge in [0, 0.05) is 12.0 Å². The van der Waals surface area contributed by atoms with Gasteiger partial charge in [0.2, 0.25) is 0 Å². The molecule has 1 aromatic carbocycles. The molecule has 0 atom stereocenters. The number of oxazole rings is 1. The minimum Gasteiger partial charge on any atom is -0.493 e. The maximum absolute atomic E-state index is 12.8. The van der Waals surface area contributed by atoms with Crippen LogP contribution in [0.5, 0.6) is 11.5 Å². The van der Waals surface area contributed by atoms with E-state index in [-0.39, 0.29) is 4.21 Å². The molecule has 2 heterocycles. The Kier molecular flexibility index (Phi) is 5.51. The highest BCUT2D eigenvalue weighted by molar-refractivity contribution is 7.94. The van der Waals surface area contributed by atoms with Gasteiger partial charge in [0.25, 0.3) is 10.0 Å². The Morgan fingerprint density at radius 2 is 1.86 bits per heavy atom. The highest BCUT2D eigenvalue weighted by Gasteiger charge is 2.24. The minimum atomic E-state index is -3.74. The number of nitrogens with one attached hydrogen (secondary N) is 1. The molecule has 4 rings (SSSR count). The van der Waals surface area contributed by atoms with E-state index < -0.39 is 10.0 Å². The van der Waals surface area contributed by atoms with Crippen molar-refractivity contribution >= 4 is 27.0 Å². The van der Waals surface area contributed by atoms with Crippen molar-refractivity contribution in [2.24, 2.45) is 0 Å². The molecule has 0 amide bonds. The third-order valence-electron chi connectivity index (χ3n) is 4.95. The number of anilines is 1. The Balaban J connectivity index is 1.54. The van der Waals surface area contributed by atoms with E-state index in [2.05, 4.69) is 9.71 Å². The zero-order valence-electron chi connectivity index (χ0n) is 16.2. The van der Waals surface area contributed by atoms with Crippen LogP contribution in [0.3, 0.4) is 0 Å². The standard InChI is InChI=1S/C20H22N2O5S2/c1-25-15-8-7-14(11-16(15)26-2)22-29(23,24)19-10-9-18(28-19)17-12-21-20(27-17)13-5-3-4-6-13/h7-13,22H,3-6H2,1-2H3. The van der Waals surface area contributed by atoms with E-state index in [1.807, 2.05) is 0 Å². The minimum absolute atomic E-state index is 0.195. The SMILES string of the molecule is COc1ccc(NS(=O)(=O)c2ccc(-c3cnc(C4CCCC4)o3)s2)cc1OC. The molecule has 0 radical (unpaired) electrons. The fraction of sp³-hybridized carbons (Fsp3) is 0.350. The number of aromatic nitrogens is 1. The summed E-state index contributed by atoms with van der Waals surface area (Å²) in [5.74, 6) is 2.69. The van der Waals surface area contributed by atoms with Gasteiger partial charge in [-0.15, -0.1) is 11.3 Å². The van der Waals surface area contributed by atoms with Crippen LogP contribution in [0.1, 0.15) is 37.5 Å². The predicted molar refractivity (Wildman–Crippen MR) is 111 cm³/mol. The molecule has 1 fully saturated rings. The van der Waals surface area contributed by atoms with Gasteiger partial charge in [-0.1, -0.05) is 12.8 Å². The molecule has 0 bridgehead atoms. The van der Waals surface area contributed by atoms with Crippen LogP contribution in [0.2, 0.25) is 0 Å². The molecular formula is C20H22N2O5S2. The summed E-state index contributed by atoms with van der Waals surface area (Å²) in [4.78, 5) is 5.13. The molecular weight excluding hydrogens is 412 g/mol. The highest BCUT2D eigenvalue weighted by Crippen LogP contribution is 2.38. The number of hydrogen-bond acceptors (Lipinski definition) is 7. The number of methoxy groups -OCH3 is 2. The first-order valence-electron chi connectivity index (χ1n) is 9.31. The molecule has 1 saturated carbocycles. The lowest BCUT2D eigenvalue weighted by atomic mass is 10.1. The Hall–Kier alpha value is -2.52. The van der Waals surface area contributed by atoms with Crippen LogP contribution in [0.4, 0.5) is 5.69 Å². The number of benzene rings is 1. The summed E-state index contributed by atoms with van der Waals surface area (Å²) in [6.45, 7) is 0. The lowest BCUT2D eigenvalue weighted by molar-refractivity contribution is 0.355. The van der Waals surface area contributed by atoms with Crippen molar-refractivity contribution in [2.75, 3.05) is 18.9 Å². The fourth-order valence-electron chi connectivity index (χ4n) is 3.47. The molecule has 29 heavy (non-hydrogen) atoms. The molecule has 1 aliphatic rings. The first-order valence-corrected chi connectivity index (χ1v) is 11.6. The lowest BCUT2D eigenvalue weighted by Gasteiger charge is -2.11. The van der Waals surface area contributed by atoms with Gasteiger partial charge in [0.05, 0.1) is 31.0 Å². The van der Waals surface area contributed by atoms with Gasteiger partial charge < -0.3 is 13.9 Å². The molecule has 154 valence electrons. The summed E-state index contributed by atoms with van der Waals surface area (Å²) >= 11 is 1.15. The highest BCUT2D eigenvalue weighted by atomic mass is 32.2. The summed E-state index contributed by atoms with van der Waals surface area (Å²) in [6, 6.07) is 8.16. The van der Waals surface area contributed by atoms with Crippen molar-refractivity contribution in [3.63, 3.8) is 0 Å². The van der Waals surface area contributed by atoms with Gasteiger partial charge in [-0.2, -0.15) is 0 Å². The van der Waals surface area contributed by atoms with Gasteiger partial charge in [0.15, 0.2) is 23.1 Å². The largest absolute Gasteiger partial charge is 0.493 e. The average molecular weight is 435 g/mol. The van der Waals surface area contributed by atoms with Crippen LogP contribution in [0, 0.1) is 0 Å². The molecule has 7 nitrogen and oxygen atoms in total. The van der Waals surface area contributed by atoms with Gasteiger partial charge >= 0.3 is 0 Å². The summed E-state index contributed by atoms with van der Waals surface area (Å²) in [5.41, 5.74) is 0.390. The summed E-state index contributed by atoms with van der Waals surface area (Å²) in [5, 5.41) is 0. The number of ether oxygens (including phenoxy) is 2. The predicted octanol–water partition coefficient (Wildman–Crippen LogP) is 4.88. The Morgan fingerprint density at radius 3 is 2.59 bits per heavy atom. The van der Waals surface area contributed by atoms with E-state index in [1.165, 1.54) is 27.1 Å². The average Bonchev–Trinajstić information content (AvgIpc) is 3.48. The molecule has 0 unspecified atom stereocenters. The van der Waals surface area contributed by atoms with Crippen molar-refractivity contribution in [3.05, 3.63) is 42.4 Å². The van der Waals surface area contributed by atoms with E-state index in [4.69, 9.17) is 13.9 Å². The van der Waals surface area contributed by atoms with E-state index in [9.17, 15) is 8.42 Å². The lowest BCUT2D eigenvalue weighted by Crippen LogP contribution is -2.11. The van der Waals surface area contributed by atoms with E-state index in [0.717, 1.165) is 34.9 Å². The van der Waals surface area contributed by atoms with Gasteiger partial charge in [-0.25, -0.2) is 13.4 Å².